The molecule has 0 radical (unpaired) electrons. The maximum atomic E-state index is 4.63. The van der Waals surface area contributed by atoms with E-state index in [1.807, 2.05) is 44.6 Å². The van der Waals surface area contributed by atoms with E-state index in [2.05, 4.69) is 32.1 Å². The minimum atomic E-state index is 0.775. The Balaban J connectivity index is 1.93. The minimum absolute atomic E-state index is 0.775. The number of nitrogens with one attached hydrogen (secondary N) is 1. The molecule has 0 saturated heterocycles. The van der Waals surface area contributed by atoms with Crippen LogP contribution in [0, 0.1) is 6.92 Å². The Morgan fingerprint density at radius 3 is 2.65 bits per heavy atom. The molecular weight excluding hydrogens is 286 g/mol. The number of aryl methyl sites for hydroxylation is 1. The van der Waals surface area contributed by atoms with Gasteiger partial charge >= 0.3 is 0 Å². The predicted octanol–water partition coefficient (Wildman–Crippen LogP) is 3.46. The third-order valence-electron chi connectivity index (χ3n) is 3.76. The first-order chi connectivity index (χ1) is 11.2. The number of unbranched alkanes of at least 4 members (excludes halogenated alkanes) is 2. The Labute approximate surface area is 139 Å². The quantitative estimate of drug-likeness (QED) is 0.719. The summed E-state index contributed by atoms with van der Waals surface area (Å²) >= 11 is 0. The molecule has 2 heterocycles. The fourth-order valence-electron chi connectivity index (χ4n) is 2.35. The molecule has 0 unspecified atom stereocenters. The van der Waals surface area contributed by atoms with Crippen LogP contribution in [0.2, 0.25) is 0 Å². The van der Waals surface area contributed by atoms with Crippen LogP contribution >= 0.6 is 0 Å². The lowest BCUT2D eigenvalue weighted by Crippen LogP contribution is -2.23. The van der Waals surface area contributed by atoms with Crippen LogP contribution in [0.1, 0.15) is 37.4 Å². The van der Waals surface area contributed by atoms with Crippen LogP contribution in [-0.2, 0) is 6.42 Å². The van der Waals surface area contributed by atoms with E-state index in [9.17, 15) is 0 Å². The molecule has 2 rings (SSSR count). The Morgan fingerprint density at radius 2 is 1.91 bits per heavy atom. The third kappa shape index (κ3) is 5.85. The van der Waals surface area contributed by atoms with Crippen molar-refractivity contribution in [3.05, 3.63) is 41.9 Å². The highest BCUT2D eigenvalue weighted by Gasteiger charge is 2.07. The molecule has 0 atom stereocenters. The summed E-state index contributed by atoms with van der Waals surface area (Å²) in [4.78, 5) is 15.3. The van der Waals surface area contributed by atoms with E-state index in [0.717, 1.165) is 37.0 Å². The molecule has 0 amide bonds. The number of nitrogens with zero attached hydrogens (tertiary/aromatic N) is 4. The van der Waals surface area contributed by atoms with Crippen LogP contribution in [0.15, 0.2) is 30.6 Å². The number of hydrogen-bond acceptors (Lipinski definition) is 5. The molecule has 1 N–H and O–H groups in total. The fraction of sp³-hybridized carbons (Fsp3) is 0.500. The largest absolute Gasteiger partial charge is 0.370 e. The summed E-state index contributed by atoms with van der Waals surface area (Å²) in [6, 6.07) is 6.10. The predicted molar refractivity (Wildman–Crippen MR) is 96.0 cm³/mol. The zero-order valence-electron chi connectivity index (χ0n) is 14.4. The van der Waals surface area contributed by atoms with E-state index < -0.39 is 0 Å². The van der Waals surface area contributed by atoms with Gasteiger partial charge in [-0.2, -0.15) is 4.98 Å². The van der Waals surface area contributed by atoms with Crippen molar-refractivity contribution in [2.24, 2.45) is 0 Å². The van der Waals surface area contributed by atoms with Gasteiger partial charge in [0.1, 0.15) is 5.82 Å². The molecule has 5 nitrogen and oxygen atoms in total. The molecule has 5 heteroatoms. The second-order valence-electron chi connectivity index (χ2n) is 5.86. The maximum Gasteiger partial charge on any atom is 0.227 e. The first-order valence-electron chi connectivity index (χ1n) is 8.38. The number of rotatable bonds is 9. The Kier molecular flexibility index (Phi) is 6.78. The highest BCUT2D eigenvalue weighted by molar-refractivity contribution is 5.43. The number of pyridine rings is 1. The van der Waals surface area contributed by atoms with Crippen molar-refractivity contribution in [2.75, 3.05) is 30.4 Å². The Morgan fingerprint density at radius 1 is 1.13 bits per heavy atom. The van der Waals surface area contributed by atoms with E-state index in [-0.39, 0.29) is 0 Å². The van der Waals surface area contributed by atoms with Crippen LogP contribution < -0.4 is 10.2 Å². The molecule has 0 bridgehead atoms. The van der Waals surface area contributed by atoms with Crippen LogP contribution in [0.25, 0.3) is 0 Å². The molecule has 0 saturated carbocycles. The molecule has 0 aliphatic rings. The molecule has 124 valence electrons. The maximum absolute atomic E-state index is 4.63. The van der Waals surface area contributed by atoms with Gasteiger partial charge in [-0.3, -0.25) is 4.98 Å². The van der Waals surface area contributed by atoms with Crippen molar-refractivity contribution in [1.82, 2.24) is 15.0 Å². The van der Waals surface area contributed by atoms with E-state index in [1.165, 1.54) is 24.8 Å². The average Bonchev–Trinajstić information content (AvgIpc) is 2.57. The van der Waals surface area contributed by atoms with Gasteiger partial charge in [0, 0.05) is 44.3 Å². The van der Waals surface area contributed by atoms with Gasteiger partial charge in [0.15, 0.2) is 0 Å². The smallest absolute Gasteiger partial charge is 0.227 e. The highest BCUT2D eigenvalue weighted by Crippen LogP contribution is 2.13. The molecule has 2 aromatic rings. The molecular formula is C18H27N5. The number of hydrogen-bond donors (Lipinski definition) is 1. The van der Waals surface area contributed by atoms with Crippen molar-refractivity contribution in [3.8, 4) is 0 Å². The van der Waals surface area contributed by atoms with Gasteiger partial charge in [-0.1, -0.05) is 19.8 Å². The molecule has 0 fully saturated rings. The van der Waals surface area contributed by atoms with Gasteiger partial charge in [-0.05, 0) is 37.5 Å². The van der Waals surface area contributed by atoms with Crippen LogP contribution in [0.3, 0.4) is 0 Å². The first kappa shape index (κ1) is 17.2. The monoisotopic (exact) mass is 313 g/mol. The van der Waals surface area contributed by atoms with Gasteiger partial charge in [-0.25, -0.2) is 4.98 Å². The standard InChI is InChI=1S/C18H27N5/c1-4-5-6-10-20-17-14-15(2)21-18(22-17)23(3)13-9-16-7-11-19-12-8-16/h7-8,11-12,14H,4-6,9-10,13H2,1-3H3,(H,20,21,22). The Hall–Kier alpha value is -2.17. The van der Waals surface area contributed by atoms with E-state index >= 15 is 0 Å². The summed E-state index contributed by atoms with van der Waals surface area (Å²) in [5.74, 6) is 1.69. The van der Waals surface area contributed by atoms with Gasteiger partial charge in [0.25, 0.3) is 0 Å². The zero-order chi connectivity index (χ0) is 16.5. The summed E-state index contributed by atoms with van der Waals surface area (Å²) in [5, 5.41) is 3.40. The van der Waals surface area contributed by atoms with Gasteiger partial charge in [-0.15, -0.1) is 0 Å². The SMILES string of the molecule is CCCCCNc1cc(C)nc(N(C)CCc2ccncc2)n1. The average molecular weight is 313 g/mol. The van der Waals surface area contributed by atoms with Crippen molar-refractivity contribution in [2.45, 2.75) is 39.5 Å². The molecule has 0 aromatic carbocycles. The topological polar surface area (TPSA) is 53.9 Å². The normalized spacial score (nSPS) is 10.6. The Bertz CT molecular complexity index is 585. The van der Waals surface area contributed by atoms with Crippen LogP contribution in [-0.4, -0.2) is 35.1 Å². The van der Waals surface area contributed by atoms with E-state index in [1.54, 1.807) is 0 Å². The fourth-order valence-corrected chi connectivity index (χ4v) is 2.35. The van der Waals surface area contributed by atoms with E-state index in [4.69, 9.17) is 0 Å². The number of likely N-dealkylation sites (N-methyl/N-ethyl adjacent to an activating group) is 1. The second kappa shape index (κ2) is 9.08. The summed E-state index contributed by atoms with van der Waals surface area (Å²) in [7, 11) is 2.04. The minimum Gasteiger partial charge on any atom is -0.370 e. The lowest BCUT2D eigenvalue weighted by molar-refractivity contribution is 0.741. The summed E-state index contributed by atoms with van der Waals surface area (Å²) in [6.45, 7) is 6.07. The number of aromatic nitrogens is 3. The summed E-state index contributed by atoms with van der Waals surface area (Å²) in [6.07, 6.45) is 8.26. The van der Waals surface area contributed by atoms with Crippen molar-refractivity contribution in [1.29, 1.82) is 0 Å². The third-order valence-corrected chi connectivity index (χ3v) is 3.76. The van der Waals surface area contributed by atoms with Crippen molar-refractivity contribution < 1.29 is 0 Å². The zero-order valence-corrected chi connectivity index (χ0v) is 14.4. The van der Waals surface area contributed by atoms with Gasteiger partial charge in [0.05, 0.1) is 0 Å². The van der Waals surface area contributed by atoms with Gasteiger partial charge < -0.3 is 10.2 Å². The lowest BCUT2D eigenvalue weighted by atomic mass is 10.2. The van der Waals surface area contributed by atoms with Gasteiger partial charge in [0.2, 0.25) is 5.95 Å². The van der Waals surface area contributed by atoms with Crippen molar-refractivity contribution >= 4 is 11.8 Å². The summed E-state index contributed by atoms with van der Waals surface area (Å²) < 4.78 is 0. The molecule has 2 aromatic heterocycles. The number of anilines is 2. The molecule has 0 spiro atoms. The molecule has 23 heavy (non-hydrogen) atoms. The van der Waals surface area contributed by atoms with E-state index in [0.29, 0.717) is 0 Å². The molecule has 0 aliphatic heterocycles. The summed E-state index contributed by atoms with van der Waals surface area (Å²) in [5.41, 5.74) is 2.26. The van der Waals surface area contributed by atoms with Crippen LogP contribution in [0.5, 0.6) is 0 Å². The molecule has 0 aliphatic carbocycles. The lowest BCUT2D eigenvalue weighted by Gasteiger charge is -2.18. The second-order valence-corrected chi connectivity index (χ2v) is 5.86. The van der Waals surface area contributed by atoms with Crippen LogP contribution in [0.4, 0.5) is 11.8 Å². The first-order valence-corrected chi connectivity index (χ1v) is 8.38. The highest BCUT2D eigenvalue weighted by atomic mass is 15.2. The van der Waals surface area contributed by atoms with Crippen molar-refractivity contribution in [3.63, 3.8) is 0 Å².